The van der Waals surface area contributed by atoms with Crippen LogP contribution in [0.5, 0.6) is 0 Å². The maximum atomic E-state index is 3.22. The number of halogens is 3. The fraction of sp³-hybridized carbons (Fsp3) is 0.333. The Kier molecular flexibility index (Phi) is 24.0. The van der Waals surface area contributed by atoms with Crippen molar-refractivity contribution in [3.63, 3.8) is 0 Å². The molecule has 0 bridgehead atoms. The summed E-state index contributed by atoms with van der Waals surface area (Å²) in [4.78, 5) is 0. The van der Waals surface area contributed by atoms with Crippen molar-refractivity contribution in [2.24, 2.45) is 0 Å². The largest absolute Gasteiger partial charge is 4.00 e. The van der Waals surface area contributed by atoms with Gasteiger partial charge in [0.25, 0.3) is 0 Å². The van der Waals surface area contributed by atoms with E-state index in [2.05, 4.69) is 25.4 Å². The van der Waals surface area contributed by atoms with Crippen molar-refractivity contribution in [2.75, 3.05) is 0 Å². The maximum absolute atomic E-state index is 3.22. The molecule has 0 fully saturated rings. The first-order valence-corrected chi connectivity index (χ1v) is 3.40. The average molecular weight is 309 g/mol. The summed E-state index contributed by atoms with van der Waals surface area (Å²) in [5, 5.41) is 0. The first-order valence-electron chi connectivity index (χ1n) is 2.33. The molecule has 5 heteroatoms. The van der Waals surface area contributed by atoms with Crippen molar-refractivity contribution < 1.29 is 63.4 Å². The third-order valence-corrected chi connectivity index (χ3v) is 2.24. The topological polar surface area (TPSA) is 0 Å². The molecule has 0 radical (unpaired) electrons. The summed E-state index contributed by atoms with van der Waals surface area (Å²) in [5.74, 6) is 5.44. The first-order chi connectivity index (χ1) is 3.30. The SMILES string of the molecule is Cc1[c-][pH]cc1C.[Cl-].[Cl-].[Cl-].[Zr+4]. The summed E-state index contributed by atoms with van der Waals surface area (Å²) < 4.78 is 0. The molecule has 0 aromatic carbocycles. The van der Waals surface area contributed by atoms with Crippen molar-refractivity contribution >= 4 is 8.19 Å². The second-order valence-corrected chi connectivity index (χ2v) is 2.55. The monoisotopic (exact) mass is 306 g/mol. The van der Waals surface area contributed by atoms with Crippen molar-refractivity contribution in [2.45, 2.75) is 13.8 Å². The van der Waals surface area contributed by atoms with Crippen molar-refractivity contribution in [3.05, 3.63) is 22.7 Å². The minimum atomic E-state index is 0. The van der Waals surface area contributed by atoms with Crippen LogP contribution in [-0.2, 0) is 26.2 Å². The van der Waals surface area contributed by atoms with E-state index in [1.165, 1.54) is 11.1 Å². The number of hydrogen-bond donors (Lipinski definition) is 0. The summed E-state index contributed by atoms with van der Waals surface area (Å²) >= 11 is 0. The summed E-state index contributed by atoms with van der Waals surface area (Å²) in [6, 6.07) is 0. The van der Waals surface area contributed by atoms with Crippen LogP contribution in [0.3, 0.4) is 0 Å². The van der Waals surface area contributed by atoms with E-state index in [1.807, 2.05) is 0 Å². The van der Waals surface area contributed by atoms with Crippen LogP contribution in [0.4, 0.5) is 0 Å². The molecule has 1 atom stereocenters. The molecule has 11 heavy (non-hydrogen) atoms. The van der Waals surface area contributed by atoms with E-state index in [-0.39, 0.29) is 63.4 Å². The van der Waals surface area contributed by atoms with Gasteiger partial charge in [0.1, 0.15) is 0 Å². The summed E-state index contributed by atoms with van der Waals surface area (Å²) in [7, 11) is 0.820. The first kappa shape index (κ1) is 22.9. The van der Waals surface area contributed by atoms with Crippen LogP contribution >= 0.6 is 8.19 Å². The van der Waals surface area contributed by atoms with Crippen molar-refractivity contribution in [3.8, 4) is 0 Å². The molecule has 1 aromatic rings. The summed E-state index contributed by atoms with van der Waals surface area (Å²) in [5.41, 5.74) is 2.73. The van der Waals surface area contributed by atoms with Gasteiger partial charge in [0.15, 0.2) is 0 Å². The Hall–Kier alpha value is 1.53. The molecule has 0 aliphatic heterocycles. The maximum Gasteiger partial charge on any atom is 4.00 e. The van der Waals surface area contributed by atoms with E-state index in [4.69, 9.17) is 0 Å². The molecule has 0 aliphatic carbocycles. The normalized spacial score (nSPS) is 6.73. The zero-order valence-corrected chi connectivity index (χ0v) is 11.9. The van der Waals surface area contributed by atoms with Crippen LogP contribution in [0, 0.1) is 19.6 Å². The molecule has 0 nitrogen and oxygen atoms in total. The molecular formula is C6H8Cl3PZr. The van der Waals surface area contributed by atoms with Gasteiger partial charge in [0.2, 0.25) is 0 Å². The van der Waals surface area contributed by atoms with Crippen LogP contribution in [0.15, 0.2) is 5.80 Å². The van der Waals surface area contributed by atoms with Crippen LogP contribution in [0.2, 0.25) is 0 Å². The average Bonchev–Trinajstić information content (AvgIpc) is 1.91. The molecule has 1 unspecified atom stereocenters. The zero-order chi connectivity index (χ0) is 5.28. The van der Waals surface area contributed by atoms with Gasteiger partial charge in [-0.3, -0.25) is 8.19 Å². The van der Waals surface area contributed by atoms with E-state index < -0.39 is 0 Å². The molecule has 0 saturated heterocycles. The molecule has 62 valence electrons. The molecule has 0 amide bonds. The molecule has 1 aromatic heterocycles. The minimum Gasteiger partial charge on any atom is -1.00 e. The number of hydrogen-bond acceptors (Lipinski definition) is 0. The summed E-state index contributed by atoms with van der Waals surface area (Å²) in [6.07, 6.45) is 0. The van der Waals surface area contributed by atoms with Gasteiger partial charge in [0, 0.05) is 0 Å². The van der Waals surface area contributed by atoms with Crippen molar-refractivity contribution in [1.82, 2.24) is 0 Å². The molecule has 0 N–H and O–H groups in total. The van der Waals surface area contributed by atoms with Crippen LogP contribution in [0.1, 0.15) is 11.1 Å². The van der Waals surface area contributed by atoms with Crippen LogP contribution in [0.25, 0.3) is 0 Å². The van der Waals surface area contributed by atoms with Gasteiger partial charge in [-0.15, -0.1) is 0 Å². The second kappa shape index (κ2) is 11.5. The van der Waals surface area contributed by atoms with Gasteiger partial charge < -0.3 is 37.2 Å². The van der Waals surface area contributed by atoms with E-state index >= 15 is 0 Å². The van der Waals surface area contributed by atoms with Gasteiger partial charge in [0.05, 0.1) is 0 Å². The van der Waals surface area contributed by atoms with E-state index in [1.54, 1.807) is 0 Å². The zero-order valence-electron chi connectivity index (χ0n) is 6.21. The predicted octanol–water partition coefficient (Wildman–Crippen LogP) is -6.86. The Morgan fingerprint density at radius 3 is 1.73 bits per heavy atom. The number of aryl methyl sites for hydroxylation is 2. The molecule has 1 heterocycles. The van der Waals surface area contributed by atoms with Gasteiger partial charge in [-0.25, -0.2) is 0 Å². The summed E-state index contributed by atoms with van der Waals surface area (Å²) in [6.45, 7) is 4.23. The number of rotatable bonds is 0. The fourth-order valence-corrected chi connectivity index (χ4v) is 1.38. The van der Waals surface area contributed by atoms with E-state index in [9.17, 15) is 0 Å². The van der Waals surface area contributed by atoms with E-state index in [0.29, 0.717) is 0 Å². The fourth-order valence-electron chi connectivity index (χ4n) is 0.459. The predicted molar refractivity (Wildman–Crippen MR) is 34.3 cm³/mol. The third kappa shape index (κ3) is 7.88. The van der Waals surface area contributed by atoms with Crippen LogP contribution in [-0.4, -0.2) is 0 Å². The molecule has 0 spiro atoms. The standard InChI is InChI=1S/C6H8P.3ClH.Zr/c1-5-3-7-4-6(5)2;;;;/h3,7H,1-2H3;3*1H;/q-1;;;;+4/p-3. The molecule has 1 rings (SSSR count). The molecule has 0 aliphatic rings. The van der Waals surface area contributed by atoms with Crippen LogP contribution < -0.4 is 37.2 Å². The smallest absolute Gasteiger partial charge is 1.00 e. The quantitative estimate of drug-likeness (QED) is 0.418. The Morgan fingerprint density at radius 1 is 1.18 bits per heavy atom. The van der Waals surface area contributed by atoms with E-state index in [0.717, 1.165) is 8.19 Å². The van der Waals surface area contributed by atoms with Crippen molar-refractivity contribution in [1.29, 1.82) is 0 Å². The Labute approximate surface area is 107 Å². The van der Waals surface area contributed by atoms with Gasteiger partial charge in [-0.05, 0) is 0 Å². The molecular weight excluding hydrogens is 301 g/mol. The van der Waals surface area contributed by atoms with Gasteiger partial charge in [-0.1, -0.05) is 13.8 Å². The third-order valence-electron chi connectivity index (χ3n) is 1.14. The second-order valence-electron chi connectivity index (χ2n) is 1.72. The van der Waals surface area contributed by atoms with Gasteiger partial charge >= 0.3 is 26.2 Å². The minimum absolute atomic E-state index is 0. The Balaban J connectivity index is -0.0000000612. The Morgan fingerprint density at radius 2 is 1.64 bits per heavy atom. The Bertz CT molecular complexity index is 150. The van der Waals surface area contributed by atoms with Gasteiger partial charge in [-0.2, -0.15) is 22.7 Å². The molecule has 0 saturated carbocycles.